The second-order valence-corrected chi connectivity index (χ2v) is 18.8. The Balaban J connectivity index is 4.23. The first-order chi connectivity index (χ1) is 34.5. The molecule has 6 heteroatoms. The first kappa shape index (κ1) is 66.1. The molecule has 1 atom stereocenters. The minimum Gasteiger partial charge on any atom is -0.462 e. The van der Waals surface area contributed by atoms with E-state index in [0.29, 0.717) is 19.3 Å². The number of carbonyl (C=O) groups excluding carboxylic acids is 3. The van der Waals surface area contributed by atoms with Crippen LogP contribution in [-0.2, 0) is 28.6 Å². The lowest BCUT2D eigenvalue weighted by molar-refractivity contribution is -0.167. The second-order valence-electron chi connectivity index (χ2n) is 18.8. The van der Waals surface area contributed by atoms with Gasteiger partial charge in [0, 0.05) is 19.3 Å². The van der Waals surface area contributed by atoms with Crippen LogP contribution < -0.4 is 0 Å². The van der Waals surface area contributed by atoms with Gasteiger partial charge in [-0.1, -0.05) is 246 Å². The van der Waals surface area contributed by atoms with Crippen molar-refractivity contribution in [1.82, 2.24) is 0 Å². The number of rotatable bonds is 51. The number of hydrogen-bond acceptors (Lipinski definition) is 6. The third kappa shape index (κ3) is 55.0. The lowest BCUT2D eigenvalue weighted by atomic mass is 10.0. The monoisotopic (exact) mass is 971 g/mol. The van der Waals surface area contributed by atoms with Gasteiger partial charge in [0.05, 0.1) is 0 Å². The summed E-state index contributed by atoms with van der Waals surface area (Å²) < 4.78 is 16.8. The van der Waals surface area contributed by atoms with Crippen LogP contribution in [0.15, 0.2) is 109 Å². The molecule has 0 bridgehead atoms. The fourth-order valence-electron chi connectivity index (χ4n) is 7.75. The Morgan fingerprint density at radius 3 is 0.871 bits per heavy atom. The fraction of sp³-hybridized carbons (Fsp3) is 0.672. The molecule has 0 saturated heterocycles. The Morgan fingerprint density at radius 2 is 0.557 bits per heavy atom. The fourth-order valence-corrected chi connectivity index (χ4v) is 7.75. The Morgan fingerprint density at radius 1 is 0.300 bits per heavy atom. The molecule has 1 unspecified atom stereocenters. The smallest absolute Gasteiger partial charge is 0.306 e. The van der Waals surface area contributed by atoms with Crippen LogP contribution in [0.2, 0.25) is 0 Å². The minimum absolute atomic E-state index is 0.0885. The maximum atomic E-state index is 12.8. The van der Waals surface area contributed by atoms with E-state index in [2.05, 4.69) is 130 Å². The van der Waals surface area contributed by atoms with E-state index in [1.54, 1.807) is 0 Å². The van der Waals surface area contributed by atoms with Crippen LogP contribution in [0.3, 0.4) is 0 Å². The summed E-state index contributed by atoms with van der Waals surface area (Å²) in [5, 5.41) is 0. The lowest BCUT2D eigenvalue weighted by Gasteiger charge is -2.18. The Kier molecular flexibility index (Phi) is 54.4. The van der Waals surface area contributed by atoms with Crippen molar-refractivity contribution in [2.75, 3.05) is 13.2 Å². The number of allylic oxidation sites excluding steroid dienone is 18. The van der Waals surface area contributed by atoms with Gasteiger partial charge in [-0.15, -0.1) is 0 Å². The van der Waals surface area contributed by atoms with Gasteiger partial charge in [-0.25, -0.2) is 0 Å². The van der Waals surface area contributed by atoms with Crippen molar-refractivity contribution in [1.29, 1.82) is 0 Å². The molecule has 0 N–H and O–H groups in total. The van der Waals surface area contributed by atoms with E-state index >= 15 is 0 Å². The average Bonchev–Trinajstić information content (AvgIpc) is 3.36. The molecule has 0 aromatic rings. The van der Waals surface area contributed by atoms with Gasteiger partial charge in [0.2, 0.25) is 0 Å². The molecule has 6 nitrogen and oxygen atoms in total. The van der Waals surface area contributed by atoms with E-state index in [1.165, 1.54) is 89.9 Å². The Bertz CT molecular complexity index is 1440. The zero-order chi connectivity index (χ0) is 50.7. The summed E-state index contributed by atoms with van der Waals surface area (Å²) in [5.74, 6) is -0.920. The molecule has 0 aliphatic heterocycles. The predicted octanol–water partition coefficient (Wildman–Crippen LogP) is 19.5. The van der Waals surface area contributed by atoms with E-state index in [0.717, 1.165) is 128 Å². The van der Waals surface area contributed by atoms with Crippen molar-refractivity contribution in [2.24, 2.45) is 0 Å². The van der Waals surface area contributed by atoms with Gasteiger partial charge >= 0.3 is 17.9 Å². The van der Waals surface area contributed by atoms with Gasteiger partial charge in [0.25, 0.3) is 0 Å². The molecule has 0 aliphatic rings. The van der Waals surface area contributed by atoms with E-state index < -0.39 is 6.10 Å². The predicted molar refractivity (Wildman–Crippen MR) is 302 cm³/mol. The van der Waals surface area contributed by atoms with Crippen molar-refractivity contribution in [3.63, 3.8) is 0 Å². The number of hydrogen-bond donors (Lipinski definition) is 0. The highest BCUT2D eigenvalue weighted by atomic mass is 16.6. The molecule has 0 fully saturated rings. The molecule has 0 aliphatic carbocycles. The Hall–Kier alpha value is -3.93. The summed E-state index contributed by atoms with van der Waals surface area (Å²) in [6.07, 6.45) is 78.1. The zero-order valence-corrected chi connectivity index (χ0v) is 45.5. The van der Waals surface area contributed by atoms with Crippen LogP contribution in [0.4, 0.5) is 0 Å². The van der Waals surface area contributed by atoms with Crippen LogP contribution >= 0.6 is 0 Å². The molecule has 0 heterocycles. The first-order valence-electron chi connectivity index (χ1n) is 28.9. The largest absolute Gasteiger partial charge is 0.462 e. The molecule has 0 aromatic carbocycles. The highest BCUT2D eigenvalue weighted by molar-refractivity contribution is 5.71. The van der Waals surface area contributed by atoms with Crippen LogP contribution in [-0.4, -0.2) is 37.2 Å². The molecule has 0 saturated carbocycles. The Labute approximate surface area is 431 Å². The highest BCUT2D eigenvalue weighted by Crippen LogP contribution is 2.15. The summed E-state index contributed by atoms with van der Waals surface area (Å²) >= 11 is 0. The van der Waals surface area contributed by atoms with Gasteiger partial charge in [-0.2, -0.15) is 0 Å². The van der Waals surface area contributed by atoms with Gasteiger partial charge in [-0.3, -0.25) is 14.4 Å². The van der Waals surface area contributed by atoms with E-state index in [1.807, 2.05) is 0 Å². The SMILES string of the molecule is CC/C=C\C/C=C\C/C=C\C/C=C\C/C=C\CCCCCCCCCCCCCC(=O)OCC(COC(=O)CCCCCCCCCC)OC(=O)CCCCCC/C=C\C/C=C\C/C=C\C/C=C\CC. The van der Waals surface area contributed by atoms with Crippen LogP contribution in [0.25, 0.3) is 0 Å². The van der Waals surface area contributed by atoms with Crippen LogP contribution in [0.1, 0.15) is 258 Å². The molecule has 398 valence electrons. The van der Waals surface area contributed by atoms with Crippen molar-refractivity contribution >= 4 is 17.9 Å². The summed E-state index contributed by atoms with van der Waals surface area (Å²) in [7, 11) is 0. The molecule has 0 aromatic heterocycles. The first-order valence-corrected chi connectivity index (χ1v) is 28.9. The average molecular weight is 972 g/mol. The van der Waals surface area contributed by atoms with Crippen molar-refractivity contribution in [3.8, 4) is 0 Å². The molecule has 0 amide bonds. The number of carbonyl (C=O) groups is 3. The van der Waals surface area contributed by atoms with E-state index in [9.17, 15) is 14.4 Å². The maximum Gasteiger partial charge on any atom is 0.306 e. The van der Waals surface area contributed by atoms with Crippen molar-refractivity contribution in [2.45, 2.75) is 264 Å². The summed E-state index contributed by atoms with van der Waals surface area (Å²) in [5.41, 5.74) is 0. The molecular formula is C64H106O6. The summed E-state index contributed by atoms with van der Waals surface area (Å²) in [6, 6.07) is 0. The number of unbranched alkanes of at least 4 members (excludes halogenated alkanes) is 22. The molecule has 0 radical (unpaired) electrons. The van der Waals surface area contributed by atoms with Gasteiger partial charge in [-0.05, 0) is 103 Å². The maximum absolute atomic E-state index is 12.8. The van der Waals surface area contributed by atoms with Gasteiger partial charge < -0.3 is 14.2 Å². The van der Waals surface area contributed by atoms with Crippen molar-refractivity contribution < 1.29 is 28.6 Å². The third-order valence-corrected chi connectivity index (χ3v) is 12.0. The van der Waals surface area contributed by atoms with Gasteiger partial charge in [0.1, 0.15) is 13.2 Å². The molecular weight excluding hydrogens is 865 g/mol. The molecule has 70 heavy (non-hydrogen) atoms. The minimum atomic E-state index is -0.791. The van der Waals surface area contributed by atoms with E-state index in [-0.39, 0.29) is 31.1 Å². The molecule has 0 rings (SSSR count). The molecule has 0 spiro atoms. The topological polar surface area (TPSA) is 78.9 Å². The highest BCUT2D eigenvalue weighted by Gasteiger charge is 2.19. The number of ether oxygens (including phenoxy) is 3. The zero-order valence-electron chi connectivity index (χ0n) is 45.5. The van der Waals surface area contributed by atoms with E-state index in [4.69, 9.17) is 14.2 Å². The third-order valence-electron chi connectivity index (χ3n) is 12.0. The number of esters is 3. The normalized spacial score (nSPS) is 12.9. The standard InChI is InChI=1S/C64H106O6/c1-4-7-10-13-16-19-21-23-25-27-28-29-30-31-32-33-34-35-36-38-39-41-43-45-48-51-54-57-63(66)69-60-61(59-68-62(65)56-53-50-47-18-15-12-9-6-3)70-64(67)58-55-52-49-46-44-42-40-37-26-24-22-20-17-14-11-8-5-2/h7-8,10-11,16-17,19-20,23-26,28-29,31-32,40,42,61H,4-6,9,12-15,18,21-22,27,30,33-39,41,43-60H2,1-3H3/b10-7-,11-8-,19-16-,20-17-,25-23-,26-24-,29-28-,32-31-,42-40-. The summed E-state index contributed by atoms with van der Waals surface area (Å²) in [4.78, 5) is 38.0. The summed E-state index contributed by atoms with van der Waals surface area (Å²) in [6.45, 7) is 6.36. The van der Waals surface area contributed by atoms with Gasteiger partial charge in [0.15, 0.2) is 6.10 Å². The van der Waals surface area contributed by atoms with Crippen molar-refractivity contribution in [3.05, 3.63) is 109 Å². The van der Waals surface area contributed by atoms with Crippen LogP contribution in [0, 0.1) is 0 Å². The quantitative estimate of drug-likeness (QED) is 0.0262. The second kappa shape index (κ2) is 57.6. The van der Waals surface area contributed by atoms with Crippen LogP contribution in [0.5, 0.6) is 0 Å². The lowest BCUT2D eigenvalue weighted by Crippen LogP contribution is -2.30.